The van der Waals surface area contributed by atoms with Crippen LogP contribution >= 0.6 is 11.8 Å². The summed E-state index contributed by atoms with van der Waals surface area (Å²) in [5.74, 6) is 0.527. The Hall–Kier alpha value is -0.260. The van der Waals surface area contributed by atoms with Crippen LogP contribution < -0.4 is 5.73 Å². The van der Waals surface area contributed by atoms with Gasteiger partial charge in [0.05, 0.1) is 0 Å². The maximum atomic E-state index is 10.4. The summed E-state index contributed by atoms with van der Waals surface area (Å²) in [5, 5.41) is 8.53. The van der Waals surface area contributed by atoms with Gasteiger partial charge >= 0.3 is 5.97 Å². The van der Waals surface area contributed by atoms with Gasteiger partial charge in [-0.3, -0.25) is 4.79 Å². The van der Waals surface area contributed by atoms with Crippen molar-refractivity contribution >= 4 is 17.7 Å². The molecule has 0 fully saturated rings. The molecule has 0 radical (unpaired) electrons. The molecule has 0 rings (SSSR count). The van der Waals surface area contributed by atoms with Gasteiger partial charge in [0.15, 0.2) is 0 Å². The fourth-order valence-electron chi connectivity index (χ4n) is 1.02. The van der Waals surface area contributed by atoms with Crippen LogP contribution in [0.25, 0.3) is 0 Å². The SMILES string of the molecule is CCN(CC)CCSC[C@H](N)C(=O)O. The van der Waals surface area contributed by atoms with Crippen molar-refractivity contribution in [3.8, 4) is 0 Å². The Morgan fingerprint density at radius 1 is 1.50 bits per heavy atom. The Morgan fingerprint density at radius 2 is 2.07 bits per heavy atom. The molecule has 0 aliphatic rings. The molecule has 0 saturated heterocycles. The Morgan fingerprint density at radius 3 is 2.50 bits per heavy atom. The minimum Gasteiger partial charge on any atom is -0.480 e. The molecule has 0 aliphatic heterocycles. The molecule has 0 aromatic carbocycles. The molecule has 0 bridgehead atoms. The number of nitrogens with two attached hydrogens (primary N) is 1. The van der Waals surface area contributed by atoms with Gasteiger partial charge in [-0.1, -0.05) is 13.8 Å². The highest BCUT2D eigenvalue weighted by Crippen LogP contribution is 2.02. The van der Waals surface area contributed by atoms with Crippen LogP contribution in [-0.2, 0) is 4.79 Å². The van der Waals surface area contributed by atoms with E-state index in [9.17, 15) is 4.79 Å². The zero-order valence-corrected chi connectivity index (χ0v) is 9.72. The molecule has 1 atom stereocenters. The van der Waals surface area contributed by atoms with Gasteiger partial charge in [-0.05, 0) is 13.1 Å². The average molecular weight is 220 g/mol. The molecule has 0 amide bonds. The van der Waals surface area contributed by atoms with E-state index < -0.39 is 12.0 Å². The van der Waals surface area contributed by atoms with Gasteiger partial charge in [0, 0.05) is 18.1 Å². The van der Waals surface area contributed by atoms with E-state index >= 15 is 0 Å². The van der Waals surface area contributed by atoms with Crippen molar-refractivity contribution < 1.29 is 9.90 Å². The van der Waals surface area contributed by atoms with Gasteiger partial charge in [-0.15, -0.1) is 0 Å². The molecule has 0 saturated carbocycles. The van der Waals surface area contributed by atoms with Crippen LogP contribution in [0.3, 0.4) is 0 Å². The van der Waals surface area contributed by atoms with E-state index in [0.717, 1.165) is 25.4 Å². The van der Waals surface area contributed by atoms with Crippen molar-refractivity contribution in [3.05, 3.63) is 0 Å². The van der Waals surface area contributed by atoms with Gasteiger partial charge in [0.2, 0.25) is 0 Å². The molecule has 3 N–H and O–H groups in total. The van der Waals surface area contributed by atoms with E-state index in [1.165, 1.54) is 0 Å². The van der Waals surface area contributed by atoms with E-state index in [1.807, 2.05) is 0 Å². The van der Waals surface area contributed by atoms with E-state index in [-0.39, 0.29) is 0 Å². The summed E-state index contributed by atoms with van der Waals surface area (Å²) < 4.78 is 0. The molecule has 0 unspecified atom stereocenters. The van der Waals surface area contributed by atoms with Gasteiger partial charge in [-0.25, -0.2) is 0 Å². The second kappa shape index (κ2) is 8.08. The zero-order chi connectivity index (χ0) is 11.0. The standard InChI is InChI=1S/C9H20N2O2S/c1-3-11(4-2)5-6-14-7-8(10)9(12)13/h8H,3-7,10H2,1-2H3,(H,12,13)/t8-/m0/s1. The third-order valence-electron chi connectivity index (χ3n) is 2.06. The summed E-state index contributed by atoms with van der Waals surface area (Å²) in [6.45, 7) is 7.34. The number of aliphatic carboxylic acids is 1. The molecule has 0 aromatic rings. The third-order valence-corrected chi connectivity index (χ3v) is 3.13. The van der Waals surface area contributed by atoms with Crippen LogP contribution in [0.15, 0.2) is 0 Å². The van der Waals surface area contributed by atoms with E-state index in [0.29, 0.717) is 5.75 Å². The molecule has 0 spiro atoms. The van der Waals surface area contributed by atoms with Crippen LogP contribution in [-0.4, -0.2) is 53.2 Å². The first-order valence-corrected chi connectivity index (χ1v) is 6.05. The maximum absolute atomic E-state index is 10.4. The van der Waals surface area contributed by atoms with Crippen molar-refractivity contribution in [1.29, 1.82) is 0 Å². The summed E-state index contributed by atoms with van der Waals surface area (Å²) in [6, 6.07) is -0.725. The summed E-state index contributed by atoms with van der Waals surface area (Å²) in [4.78, 5) is 12.7. The summed E-state index contributed by atoms with van der Waals surface area (Å²) in [6.07, 6.45) is 0. The first-order valence-electron chi connectivity index (χ1n) is 4.90. The van der Waals surface area contributed by atoms with Crippen LogP contribution in [0.2, 0.25) is 0 Å². The smallest absolute Gasteiger partial charge is 0.321 e. The maximum Gasteiger partial charge on any atom is 0.321 e. The van der Waals surface area contributed by atoms with E-state index in [2.05, 4.69) is 18.7 Å². The molecule has 4 nitrogen and oxygen atoms in total. The number of nitrogens with zero attached hydrogens (tertiary/aromatic N) is 1. The number of hydrogen-bond donors (Lipinski definition) is 2. The molecule has 84 valence electrons. The predicted octanol–water partition coefficient (Wildman–Crippen LogP) is 0.473. The topological polar surface area (TPSA) is 66.6 Å². The zero-order valence-electron chi connectivity index (χ0n) is 8.90. The number of carboxylic acids is 1. The summed E-state index contributed by atoms with van der Waals surface area (Å²) >= 11 is 1.60. The second-order valence-electron chi connectivity index (χ2n) is 3.05. The lowest BCUT2D eigenvalue weighted by Gasteiger charge is -2.17. The van der Waals surface area contributed by atoms with Crippen molar-refractivity contribution in [3.63, 3.8) is 0 Å². The average Bonchev–Trinajstić information content (AvgIpc) is 2.17. The number of rotatable bonds is 8. The Kier molecular flexibility index (Phi) is 7.93. The Balaban J connectivity index is 3.41. The molecule has 5 heteroatoms. The van der Waals surface area contributed by atoms with E-state index in [4.69, 9.17) is 10.8 Å². The van der Waals surface area contributed by atoms with Crippen LogP contribution in [0.1, 0.15) is 13.8 Å². The minimum absolute atomic E-state index is 0.497. The number of carboxylic acid groups (broad SMARTS) is 1. The molecular formula is C9H20N2O2S. The first kappa shape index (κ1) is 13.7. The molecule has 14 heavy (non-hydrogen) atoms. The highest BCUT2D eigenvalue weighted by atomic mass is 32.2. The molecular weight excluding hydrogens is 200 g/mol. The van der Waals surface area contributed by atoms with Crippen LogP contribution in [0.5, 0.6) is 0 Å². The van der Waals surface area contributed by atoms with Crippen molar-refractivity contribution in [2.75, 3.05) is 31.1 Å². The van der Waals surface area contributed by atoms with Crippen molar-refractivity contribution in [1.82, 2.24) is 4.90 Å². The molecule has 0 heterocycles. The number of thioether (sulfide) groups is 1. The predicted molar refractivity (Wildman–Crippen MR) is 60.7 cm³/mol. The normalized spacial score (nSPS) is 13.1. The van der Waals surface area contributed by atoms with Gasteiger partial charge in [0.1, 0.15) is 6.04 Å². The monoisotopic (exact) mass is 220 g/mol. The molecule has 0 aliphatic carbocycles. The van der Waals surface area contributed by atoms with Crippen molar-refractivity contribution in [2.24, 2.45) is 5.73 Å². The number of hydrogen-bond acceptors (Lipinski definition) is 4. The fourth-order valence-corrected chi connectivity index (χ4v) is 1.97. The van der Waals surface area contributed by atoms with Gasteiger partial charge < -0.3 is 15.7 Å². The highest BCUT2D eigenvalue weighted by Gasteiger charge is 2.10. The Labute approximate surface area is 89.8 Å². The van der Waals surface area contributed by atoms with Crippen molar-refractivity contribution in [2.45, 2.75) is 19.9 Å². The summed E-state index contributed by atoms with van der Waals surface area (Å²) in [7, 11) is 0. The molecule has 0 aromatic heterocycles. The van der Waals surface area contributed by atoms with E-state index in [1.54, 1.807) is 11.8 Å². The van der Waals surface area contributed by atoms with Gasteiger partial charge in [0.25, 0.3) is 0 Å². The highest BCUT2D eigenvalue weighted by molar-refractivity contribution is 7.99. The third kappa shape index (κ3) is 6.23. The van der Waals surface area contributed by atoms with Crippen LogP contribution in [0.4, 0.5) is 0 Å². The number of carbonyl (C=O) groups is 1. The quantitative estimate of drug-likeness (QED) is 0.582. The first-order chi connectivity index (χ1) is 6.61. The van der Waals surface area contributed by atoms with Gasteiger partial charge in [-0.2, -0.15) is 11.8 Å². The van der Waals surface area contributed by atoms with Crippen LogP contribution in [0, 0.1) is 0 Å². The lowest BCUT2D eigenvalue weighted by molar-refractivity contribution is -0.137. The Bertz CT molecular complexity index is 163. The lowest BCUT2D eigenvalue weighted by atomic mass is 10.4. The fraction of sp³-hybridized carbons (Fsp3) is 0.889. The lowest BCUT2D eigenvalue weighted by Crippen LogP contribution is -2.33. The summed E-state index contributed by atoms with van der Waals surface area (Å²) in [5.41, 5.74) is 5.36. The largest absolute Gasteiger partial charge is 0.480 e. The second-order valence-corrected chi connectivity index (χ2v) is 4.20. The minimum atomic E-state index is -0.916.